The Labute approximate surface area is 135 Å². The third-order valence-corrected chi connectivity index (χ3v) is 5.25. The number of hydrogen-bond acceptors (Lipinski definition) is 3. The van der Waals surface area contributed by atoms with Crippen molar-refractivity contribution in [1.82, 2.24) is 15.1 Å². The zero-order chi connectivity index (χ0) is 15.2. The predicted octanol–water partition coefficient (Wildman–Crippen LogP) is 3.19. The molecule has 116 valence electrons. The highest BCUT2D eigenvalue weighted by Gasteiger charge is 2.39. The zero-order valence-electron chi connectivity index (χ0n) is 12.9. The fourth-order valence-corrected chi connectivity index (χ4v) is 4.12. The molecule has 1 aliphatic heterocycles. The molecule has 2 heterocycles. The highest BCUT2D eigenvalue weighted by atomic mass is 15.3. The van der Waals surface area contributed by atoms with Gasteiger partial charge in [-0.05, 0) is 55.6 Å². The molecule has 1 saturated heterocycles. The lowest BCUT2D eigenvalue weighted by Gasteiger charge is -2.25. The van der Waals surface area contributed by atoms with E-state index in [9.17, 15) is 0 Å². The van der Waals surface area contributed by atoms with Gasteiger partial charge in [0.1, 0.15) is 0 Å². The second-order valence-corrected chi connectivity index (χ2v) is 6.77. The minimum Gasteiger partial charge on any atom is -0.381 e. The van der Waals surface area contributed by atoms with Crippen LogP contribution in [0, 0.1) is 5.92 Å². The first kappa shape index (κ1) is 13.1. The normalized spacial score (nSPS) is 26.0. The van der Waals surface area contributed by atoms with Gasteiger partial charge in [-0.2, -0.15) is 5.10 Å². The van der Waals surface area contributed by atoms with Crippen molar-refractivity contribution in [1.29, 1.82) is 0 Å². The molecule has 2 aromatic carbocycles. The Morgan fingerprint density at radius 2 is 2.00 bits per heavy atom. The lowest BCUT2D eigenvalue weighted by atomic mass is 10.1. The van der Waals surface area contributed by atoms with Crippen LogP contribution in [0.4, 0.5) is 5.69 Å². The van der Waals surface area contributed by atoms with E-state index < -0.39 is 0 Å². The van der Waals surface area contributed by atoms with Crippen LogP contribution in [-0.2, 0) is 0 Å². The average molecular weight is 304 g/mol. The summed E-state index contributed by atoms with van der Waals surface area (Å²) in [6, 6.07) is 18.0. The first-order valence-electron chi connectivity index (χ1n) is 8.40. The monoisotopic (exact) mass is 304 g/mol. The van der Waals surface area contributed by atoms with Gasteiger partial charge in [0.2, 0.25) is 0 Å². The molecule has 2 bridgehead atoms. The van der Waals surface area contributed by atoms with E-state index >= 15 is 0 Å². The molecule has 1 saturated carbocycles. The summed E-state index contributed by atoms with van der Waals surface area (Å²) in [6.45, 7) is 1.20. The lowest BCUT2D eigenvalue weighted by molar-refractivity contribution is 0.466. The summed E-state index contributed by atoms with van der Waals surface area (Å²) in [7, 11) is 0. The van der Waals surface area contributed by atoms with Gasteiger partial charge in [-0.3, -0.25) is 0 Å². The zero-order valence-corrected chi connectivity index (χ0v) is 12.9. The molecule has 3 unspecified atom stereocenters. The van der Waals surface area contributed by atoms with Crippen molar-refractivity contribution in [2.45, 2.75) is 24.9 Å². The van der Waals surface area contributed by atoms with E-state index in [1.165, 1.54) is 30.5 Å². The Morgan fingerprint density at radius 3 is 2.78 bits per heavy atom. The van der Waals surface area contributed by atoms with Crippen molar-refractivity contribution in [3.8, 4) is 5.69 Å². The van der Waals surface area contributed by atoms with Crippen molar-refractivity contribution >= 4 is 16.6 Å². The van der Waals surface area contributed by atoms with E-state index in [-0.39, 0.29) is 0 Å². The van der Waals surface area contributed by atoms with Crippen molar-refractivity contribution in [2.24, 2.45) is 5.92 Å². The molecule has 3 atom stereocenters. The molecule has 5 rings (SSSR count). The largest absolute Gasteiger partial charge is 0.381 e. The second kappa shape index (κ2) is 5.10. The van der Waals surface area contributed by atoms with Gasteiger partial charge in [-0.1, -0.05) is 18.2 Å². The van der Waals surface area contributed by atoms with E-state index in [1.807, 2.05) is 29.1 Å². The van der Waals surface area contributed by atoms with E-state index in [2.05, 4.69) is 46.1 Å². The fourth-order valence-electron chi connectivity index (χ4n) is 4.12. The molecule has 0 spiro atoms. The maximum absolute atomic E-state index is 4.55. The predicted molar refractivity (Wildman–Crippen MR) is 93.0 cm³/mol. The Hall–Kier alpha value is -2.33. The summed E-state index contributed by atoms with van der Waals surface area (Å²) in [5, 5.41) is 13.1. The molecule has 2 aliphatic rings. The van der Waals surface area contributed by atoms with Gasteiger partial charge in [0, 0.05) is 23.2 Å². The number of piperidine rings is 1. The number of nitrogens with zero attached hydrogens (tertiary/aromatic N) is 2. The van der Waals surface area contributed by atoms with Crippen LogP contribution in [-0.4, -0.2) is 28.4 Å². The molecule has 1 aliphatic carbocycles. The number of rotatable bonds is 3. The second-order valence-electron chi connectivity index (χ2n) is 6.77. The van der Waals surface area contributed by atoms with Gasteiger partial charge in [0.15, 0.2) is 0 Å². The molecule has 2 fully saturated rings. The van der Waals surface area contributed by atoms with E-state index in [1.54, 1.807) is 0 Å². The molecule has 1 aromatic heterocycles. The average Bonchev–Trinajstić information content (AvgIpc) is 3.30. The summed E-state index contributed by atoms with van der Waals surface area (Å²) in [4.78, 5) is 0. The Morgan fingerprint density at radius 1 is 1.09 bits per heavy atom. The highest BCUT2D eigenvalue weighted by Crippen LogP contribution is 2.33. The van der Waals surface area contributed by atoms with Gasteiger partial charge >= 0.3 is 0 Å². The van der Waals surface area contributed by atoms with Crippen LogP contribution in [0.25, 0.3) is 16.6 Å². The van der Waals surface area contributed by atoms with Gasteiger partial charge in [-0.15, -0.1) is 0 Å². The molecular weight excluding hydrogens is 284 g/mol. The SMILES string of the molecule is c1ccc(-n2ncc3cc(NC4CC5CNC4C5)ccc32)cc1. The van der Waals surface area contributed by atoms with Crippen molar-refractivity contribution in [3.05, 3.63) is 54.7 Å². The minimum atomic E-state index is 0.565. The first-order chi connectivity index (χ1) is 11.4. The molecule has 0 amide bonds. The van der Waals surface area contributed by atoms with Crippen LogP contribution in [0.2, 0.25) is 0 Å². The van der Waals surface area contributed by atoms with E-state index in [0.717, 1.165) is 17.1 Å². The number of nitrogens with one attached hydrogen (secondary N) is 2. The third-order valence-electron chi connectivity index (χ3n) is 5.25. The first-order valence-corrected chi connectivity index (χ1v) is 8.40. The Bertz CT molecular complexity index is 839. The fraction of sp³-hybridized carbons (Fsp3) is 0.316. The molecule has 4 heteroatoms. The molecule has 2 N–H and O–H groups in total. The van der Waals surface area contributed by atoms with Crippen molar-refractivity contribution in [3.63, 3.8) is 0 Å². The number of para-hydroxylation sites is 1. The van der Waals surface area contributed by atoms with E-state index in [4.69, 9.17) is 0 Å². The van der Waals surface area contributed by atoms with Crippen LogP contribution in [0.15, 0.2) is 54.7 Å². The van der Waals surface area contributed by atoms with Crippen molar-refractivity contribution < 1.29 is 0 Å². The van der Waals surface area contributed by atoms with Crippen LogP contribution in [0.1, 0.15) is 12.8 Å². The summed E-state index contributed by atoms with van der Waals surface area (Å²) < 4.78 is 2.00. The van der Waals surface area contributed by atoms with Gasteiger partial charge < -0.3 is 10.6 Å². The molecule has 3 aromatic rings. The molecular formula is C19H20N4. The summed E-state index contributed by atoms with van der Waals surface area (Å²) in [5.41, 5.74) is 3.44. The maximum atomic E-state index is 4.55. The number of hydrogen-bond donors (Lipinski definition) is 2. The Balaban J connectivity index is 1.45. The molecule has 23 heavy (non-hydrogen) atoms. The lowest BCUT2D eigenvalue weighted by Crippen LogP contribution is -2.41. The summed E-state index contributed by atoms with van der Waals surface area (Å²) in [6.07, 6.45) is 4.57. The molecule has 4 nitrogen and oxygen atoms in total. The number of fused-ring (bicyclic) bond motifs is 3. The molecule has 0 radical (unpaired) electrons. The third kappa shape index (κ3) is 2.21. The van der Waals surface area contributed by atoms with Gasteiger partial charge in [0.05, 0.1) is 17.4 Å². The van der Waals surface area contributed by atoms with Crippen LogP contribution >= 0.6 is 0 Å². The standard InChI is InChI=1S/C19H20N4/c1-2-4-16(5-3-1)23-19-7-6-15(10-14(19)12-21-23)22-18-9-13-8-17(18)20-11-13/h1-7,10,12-13,17-18,20,22H,8-9,11H2. The quantitative estimate of drug-likeness (QED) is 0.781. The van der Waals surface area contributed by atoms with E-state index in [0.29, 0.717) is 12.1 Å². The van der Waals surface area contributed by atoms with Crippen LogP contribution < -0.4 is 10.6 Å². The van der Waals surface area contributed by atoms with Crippen LogP contribution in [0.3, 0.4) is 0 Å². The number of benzene rings is 2. The number of aromatic nitrogens is 2. The summed E-state index contributed by atoms with van der Waals surface area (Å²) in [5.74, 6) is 0.863. The maximum Gasteiger partial charge on any atom is 0.0742 e. The van der Waals surface area contributed by atoms with Crippen LogP contribution in [0.5, 0.6) is 0 Å². The van der Waals surface area contributed by atoms with Gasteiger partial charge in [-0.25, -0.2) is 4.68 Å². The van der Waals surface area contributed by atoms with Crippen molar-refractivity contribution in [2.75, 3.05) is 11.9 Å². The number of anilines is 1. The topological polar surface area (TPSA) is 41.9 Å². The highest BCUT2D eigenvalue weighted by molar-refractivity contribution is 5.83. The Kier molecular flexibility index (Phi) is 2.91. The minimum absolute atomic E-state index is 0.565. The summed E-state index contributed by atoms with van der Waals surface area (Å²) >= 11 is 0. The van der Waals surface area contributed by atoms with Gasteiger partial charge in [0.25, 0.3) is 0 Å². The smallest absolute Gasteiger partial charge is 0.0742 e.